The fourth-order valence-electron chi connectivity index (χ4n) is 3.86. The number of nitrogens with zero attached hydrogens (tertiary/aromatic N) is 1. The van der Waals surface area contributed by atoms with Crippen LogP contribution in [-0.2, 0) is 4.74 Å². The number of rotatable bonds is 4. The molecule has 3 fully saturated rings. The van der Waals surface area contributed by atoms with E-state index in [1.165, 1.54) is 51.5 Å². The molecule has 92 valence electrons. The molecule has 3 rings (SSSR count). The van der Waals surface area contributed by atoms with E-state index in [-0.39, 0.29) is 0 Å². The number of hydrogen-bond acceptors (Lipinski definition) is 2. The van der Waals surface area contributed by atoms with Crippen molar-refractivity contribution < 1.29 is 4.74 Å². The van der Waals surface area contributed by atoms with Gasteiger partial charge in [0.1, 0.15) is 0 Å². The van der Waals surface area contributed by atoms with Crippen molar-refractivity contribution in [2.75, 3.05) is 13.7 Å². The summed E-state index contributed by atoms with van der Waals surface area (Å²) in [7, 11) is 1.88. The first-order valence-corrected chi connectivity index (χ1v) is 7.05. The Bertz CT molecular complexity index is 247. The smallest absolute Gasteiger partial charge is 0.0601 e. The molecule has 0 aromatic carbocycles. The highest BCUT2D eigenvalue weighted by Crippen LogP contribution is 2.51. The summed E-state index contributed by atoms with van der Waals surface area (Å²) < 4.78 is 5.57. The molecule has 0 N–H and O–H groups in total. The van der Waals surface area contributed by atoms with E-state index in [0.717, 1.165) is 17.5 Å². The molecule has 2 heterocycles. The van der Waals surface area contributed by atoms with E-state index in [4.69, 9.17) is 4.74 Å². The van der Waals surface area contributed by atoms with Crippen molar-refractivity contribution in [1.82, 2.24) is 4.90 Å². The van der Waals surface area contributed by atoms with Crippen molar-refractivity contribution in [3.63, 3.8) is 0 Å². The number of piperidine rings is 1. The molecule has 3 aliphatic rings. The Balaban J connectivity index is 1.65. The minimum Gasteiger partial charge on any atom is -0.381 e. The molecule has 1 saturated carbocycles. The minimum atomic E-state index is 0.547. The normalized spacial score (nSPS) is 41.2. The van der Waals surface area contributed by atoms with Gasteiger partial charge in [0.2, 0.25) is 0 Å². The van der Waals surface area contributed by atoms with Crippen LogP contribution < -0.4 is 0 Å². The highest BCUT2D eigenvalue weighted by molar-refractivity contribution is 5.02. The molecule has 2 heteroatoms. The molecular formula is C14H25NO. The average molecular weight is 223 g/mol. The number of methoxy groups -OCH3 is 1. The maximum atomic E-state index is 5.57. The zero-order chi connectivity index (χ0) is 11.2. The van der Waals surface area contributed by atoms with E-state index in [1.807, 2.05) is 7.11 Å². The number of hydrogen-bond donors (Lipinski definition) is 0. The van der Waals surface area contributed by atoms with Gasteiger partial charge in [0.25, 0.3) is 0 Å². The van der Waals surface area contributed by atoms with Gasteiger partial charge < -0.3 is 4.74 Å². The lowest BCUT2D eigenvalue weighted by Crippen LogP contribution is -2.47. The third-order valence-corrected chi connectivity index (χ3v) is 5.40. The molecule has 2 bridgehead atoms. The summed E-state index contributed by atoms with van der Waals surface area (Å²) in [5, 5.41) is 0. The van der Waals surface area contributed by atoms with Crippen molar-refractivity contribution in [2.24, 2.45) is 5.41 Å². The Labute approximate surface area is 99.3 Å². The van der Waals surface area contributed by atoms with Crippen molar-refractivity contribution in [1.29, 1.82) is 0 Å². The maximum absolute atomic E-state index is 5.57. The van der Waals surface area contributed by atoms with Crippen molar-refractivity contribution >= 4 is 0 Å². The molecule has 2 nitrogen and oxygen atoms in total. The van der Waals surface area contributed by atoms with E-state index in [1.54, 1.807) is 0 Å². The van der Waals surface area contributed by atoms with Crippen LogP contribution >= 0.6 is 0 Å². The SMILES string of the molecule is CCC1(CN2[C@@H]3CC[C@H]2CC(OC)C3)CC1. The highest BCUT2D eigenvalue weighted by Gasteiger charge is 2.48. The quantitative estimate of drug-likeness (QED) is 0.726. The Morgan fingerprint density at radius 1 is 1.19 bits per heavy atom. The molecule has 1 unspecified atom stereocenters. The predicted molar refractivity (Wildman–Crippen MR) is 65.5 cm³/mol. The van der Waals surface area contributed by atoms with Crippen LogP contribution in [0.4, 0.5) is 0 Å². The molecule has 0 amide bonds. The summed E-state index contributed by atoms with van der Waals surface area (Å²) in [6, 6.07) is 1.68. The second-order valence-corrected chi connectivity index (χ2v) is 6.24. The van der Waals surface area contributed by atoms with Gasteiger partial charge in [-0.25, -0.2) is 0 Å². The van der Waals surface area contributed by atoms with Gasteiger partial charge in [-0.1, -0.05) is 6.92 Å². The maximum Gasteiger partial charge on any atom is 0.0601 e. The number of fused-ring (bicyclic) bond motifs is 2. The van der Waals surface area contributed by atoms with Crippen LogP contribution in [0.1, 0.15) is 51.9 Å². The second-order valence-electron chi connectivity index (χ2n) is 6.24. The van der Waals surface area contributed by atoms with Gasteiger partial charge >= 0.3 is 0 Å². The van der Waals surface area contributed by atoms with Crippen molar-refractivity contribution in [3.8, 4) is 0 Å². The summed E-state index contributed by atoms with van der Waals surface area (Å²) in [6.07, 6.45) is 10.3. The van der Waals surface area contributed by atoms with E-state index >= 15 is 0 Å². The molecule has 1 aliphatic carbocycles. The Kier molecular flexibility index (Phi) is 2.75. The third kappa shape index (κ3) is 1.80. The van der Waals surface area contributed by atoms with Crippen LogP contribution in [0.15, 0.2) is 0 Å². The van der Waals surface area contributed by atoms with Crippen LogP contribution in [0.5, 0.6) is 0 Å². The molecule has 0 radical (unpaired) electrons. The van der Waals surface area contributed by atoms with Gasteiger partial charge in [-0.15, -0.1) is 0 Å². The average Bonchev–Trinajstić information content (AvgIpc) is 3.03. The van der Waals surface area contributed by atoms with Gasteiger partial charge in [0, 0.05) is 25.7 Å². The Morgan fingerprint density at radius 3 is 2.25 bits per heavy atom. The molecule has 3 atom stereocenters. The fraction of sp³-hybridized carbons (Fsp3) is 1.00. The Morgan fingerprint density at radius 2 is 1.81 bits per heavy atom. The van der Waals surface area contributed by atoms with E-state index < -0.39 is 0 Å². The van der Waals surface area contributed by atoms with Gasteiger partial charge in [0.15, 0.2) is 0 Å². The lowest BCUT2D eigenvalue weighted by molar-refractivity contribution is -0.00218. The fourth-order valence-corrected chi connectivity index (χ4v) is 3.86. The second kappa shape index (κ2) is 3.99. The first kappa shape index (κ1) is 11.0. The van der Waals surface area contributed by atoms with Crippen LogP contribution in [0.25, 0.3) is 0 Å². The van der Waals surface area contributed by atoms with Crippen molar-refractivity contribution in [3.05, 3.63) is 0 Å². The van der Waals surface area contributed by atoms with Crippen LogP contribution in [0.3, 0.4) is 0 Å². The topological polar surface area (TPSA) is 12.5 Å². The first-order chi connectivity index (χ1) is 7.76. The van der Waals surface area contributed by atoms with E-state index in [2.05, 4.69) is 11.8 Å². The molecule has 0 spiro atoms. The molecule has 2 aliphatic heterocycles. The third-order valence-electron chi connectivity index (χ3n) is 5.40. The van der Waals surface area contributed by atoms with Gasteiger partial charge in [-0.3, -0.25) is 4.90 Å². The predicted octanol–water partition coefficient (Wildman–Crippen LogP) is 2.82. The monoisotopic (exact) mass is 223 g/mol. The molecule has 0 aromatic rings. The van der Waals surface area contributed by atoms with Crippen molar-refractivity contribution in [2.45, 2.75) is 70.1 Å². The molecular weight excluding hydrogens is 198 g/mol. The van der Waals surface area contributed by atoms with Gasteiger partial charge in [-0.2, -0.15) is 0 Å². The zero-order valence-corrected chi connectivity index (χ0v) is 10.7. The summed E-state index contributed by atoms with van der Waals surface area (Å²) in [6.45, 7) is 3.76. The summed E-state index contributed by atoms with van der Waals surface area (Å²) >= 11 is 0. The first-order valence-electron chi connectivity index (χ1n) is 7.05. The molecule has 16 heavy (non-hydrogen) atoms. The molecule has 2 saturated heterocycles. The lowest BCUT2D eigenvalue weighted by Gasteiger charge is -2.40. The van der Waals surface area contributed by atoms with Crippen LogP contribution in [0.2, 0.25) is 0 Å². The van der Waals surface area contributed by atoms with Gasteiger partial charge in [0.05, 0.1) is 6.10 Å². The highest BCUT2D eigenvalue weighted by atomic mass is 16.5. The zero-order valence-electron chi connectivity index (χ0n) is 10.7. The van der Waals surface area contributed by atoms with E-state index in [0.29, 0.717) is 6.10 Å². The van der Waals surface area contributed by atoms with Gasteiger partial charge in [-0.05, 0) is 50.4 Å². The minimum absolute atomic E-state index is 0.547. The summed E-state index contributed by atoms with van der Waals surface area (Å²) in [4.78, 5) is 2.84. The standard InChI is InChI=1S/C14H25NO/c1-3-14(6-7-14)10-15-11-4-5-12(15)9-13(8-11)16-2/h11-13H,3-10H2,1-2H3/t11-,12+,13?. The van der Waals surface area contributed by atoms with Crippen LogP contribution in [0, 0.1) is 5.41 Å². The number of ether oxygens (including phenoxy) is 1. The lowest BCUT2D eigenvalue weighted by atomic mass is 9.95. The molecule has 0 aromatic heterocycles. The summed E-state index contributed by atoms with van der Waals surface area (Å²) in [5.41, 5.74) is 0.723. The Hall–Kier alpha value is -0.0800. The summed E-state index contributed by atoms with van der Waals surface area (Å²) in [5.74, 6) is 0. The van der Waals surface area contributed by atoms with E-state index in [9.17, 15) is 0 Å². The van der Waals surface area contributed by atoms with Crippen LogP contribution in [-0.4, -0.2) is 36.7 Å². The largest absolute Gasteiger partial charge is 0.381 e.